The minimum atomic E-state index is -0.376. The summed E-state index contributed by atoms with van der Waals surface area (Å²) >= 11 is 0. The first-order chi connectivity index (χ1) is 13.6. The molecule has 3 heterocycles. The fourth-order valence-electron chi connectivity index (χ4n) is 3.68. The van der Waals surface area contributed by atoms with Gasteiger partial charge in [-0.05, 0) is 12.5 Å². The van der Waals surface area contributed by atoms with E-state index in [1.807, 2.05) is 42.8 Å². The smallest absolute Gasteiger partial charge is 0.297 e. The first-order valence-corrected chi connectivity index (χ1v) is 9.65. The maximum atomic E-state index is 13.4. The number of benzene rings is 1. The predicted octanol–water partition coefficient (Wildman–Crippen LogP) is 2.11. The highest BCUT2D eigenvalue weighted by Gasteiger charge is 2.30. The zero-order valence-corrected chi connectivity index (χ0v) is 17.7. The molecule has 1 aliphatic rings. The van der Waals surface area contributed by atoms with Gasteiger partial charge in [0, 0.05) is 19.5 Å². The Labute approximate surface area is 168 Å². The van der Waals surface area contributed by atoms with Crippen LogP contribution in [0.3, 0.4) is 0 Å². The quantitative estimate of drug-likeness (QED) is 0.667. The Kier molecular flexibility index (Phi) is 4.25. The second kappa shape index (κ2) is 6.43. The third-order valence-electron chi connectivity index (χ3n) is 5.37. The topological polar surface area (TPSA) is 77.4 Å². The van der Waals surface area contributed by atoms with Crippen LogP contribution in [0.4, 0.5) is 5.95 Å². The summed E-state index contributed by atoms with van der Waals surface area (Å²) in [5.74, 6) is 0.563. The van der Waals surface area contributed by atoms with Crippen molar-refractivity contribution < 1.29 is 0 Å². The number of imidazole rings is 1. The lowest BCUT2D eigenvalue weighted by atomic mass is 9.89. The molecule has 4 rings (SSSR count). The molecule has 1 aliphatic heterocycles. The van der Waals surface area contributed by atoms with E-state index in [1.54, 1.807) is 12.1 Å². The number of rotatable bonds is 2. The molecular weight excluding hydrogens is 368 g/mol. The zero-order valence-electron chi connectivity index (χ0n) is 17.7. The van der Waals surface area contributed by atoms with Crippen molar-refractivity contribution in [2.75, 3.05) is 12.1 Å². The summed E-state index contributed by atoms with van der Waals surface area (Å²) in [6.45, 7) is 8.96. The van der Waals surface area contributed by atoms with E-state index in [2.05, 4.69) is 30.9 Å². The van der Waals surface area contributed by atoms with Crippen LogP contribution >= 0.6 is 0 Å². The summed E-state index contributed by atoms with van der Waals surface area (Å²) in [5.41, 5.74) is 2.91. The minimum Gasteiger partial charge on any atom is -0.297 e. The van der Waals surface area contributed by atoms with Crippen molar-refractivity contribution in [3.05, 3.63) is 56.2 Å². The summed E-state index contributed by atoms with van der Waals surface area (Å²) in [6.07, 6.45) is 0. The number of hydrogen-bond donors (Lipinski definition) is 0. The Morgan fingerprint density at radius 3 is 2.52 bits per heavy atom. The van der Waals surface area contributed by atoms with E-state index in [1.165, 1.54) is 9.13 Å². The number of anilines is 1. The lowest BCUT2D eigenvalue weighted by Gasteiger charge is -2.29. The number of hydrogen-bond acceptors (Lipinski definition) is 5. The maximum Gasteiger partial charge on any atom is 0.332 e. The van der Waals surface area contributed by atoms with Crippen LogP contribution in [-0.4, -0.2) is 31.4 Å². The summed E-state index contributed by atoms with van der Waals surface area (Å²) in [7, 11) is 3.47. The van der Waals surface area contributed by atoms with Crippen molar-refractivity contribution in [2.24, 2.45) is 17.6 Å². The molecule has 8 heteroatoms. The zero-order chi connectivity index (χ0) is 21.1. The summed E-state index contributed by atoms with van der Waals surface area (Å²) in [6, 6.07) is 7.83. The van der Waals surface area contributed by atoms with E-state index < -0.39 is 0 Å². The van der Waals surface area contributed by atoms with Gasteiger partial charge in [0.25, 0.3) is 5.56 Å². The third kappa shape index (κ3) is 3.08. The van der Waals surface area contributed by atoms with Crippen LogP contribution in [0, 0.1) is 12.3 Å². The lowest BCUT2D eigenvalue weighted by molar-refractivity contribution is 0.554. The van der Waals surface area contributed by atoms with Crippen LogP contribution in [0.15, 0.2) is 39.0 Å². The first-order valence-electron chi connectivity index (χ1n) is 9.65. The molecule has 3 aromatic rings. The van der Waals surface area contributed by atoms with Crippen molar-refractivity contribution in [3.8, 4) is 0 Å². The summed E-state index contributed by atoms with van der Waals surface area (Å²) in [4.78, 5) is 30.9. The van der Waals surface area contributed by atoms with Crippen molar-refractivity contribution in [2.45, 2.75) is 40.8 Å². The highest BCUT2D eigenvalue weighted by Crippen LogP contribution is 2.28. The Bertz CT molecular complexity index is 1270. The van der Waals surface area contributed by atoms with Crippen molar-refractivity contribution in [1.29, 1.82) is 0 Å². The molecule has 0 aliphatic carbocycles. The second-order valence-electron chi connectivity index (χ2n) is 8.71. The Morgan fingerprint density at radius 1 is 1.14 bits per heavy atom. The van der Waals surface area contributed by atoms with Gasteiger partial charge in [-0.25, -0.2) is 9.80 Å². The molecule has 0 N–H and O–H groups in total. The highest BCUT2D eigenvalue weighted by atomic mass is 16.2. The average Bonchev–Trinajstić information content (AvgIpc) is 3.03. The number of hydrazone groups is 1. The van der Waals surface area contributed by atoms with Crippen LogP contribution in [0.1, 0.15) is 31.9 Å². The molecule has 0 spiro atoms. The average molecular weight is 394 g/mol. The van der Waals surface area contributed by atoms with Crippen molar-refractivity contribution in [3.63, 3.8) is 0 Å². The Hall–Kier alpha value is -3.16. The molecule has 8 nitrogen and oxygen atoms in total. The minimum absolute atomic E-state index is 0.149. The van der Waals surface area contributed by atoms with Gasteiger partial charge in [-0.1, -0.05) is 50.6 Å². The molecule has 0 amide bonds. The van der Waals surface area contributed by atoms with Gasteiger partial charge in [0.15, 0.2) is 11.2 Å². The Morgan fingerprint density at radius 2 is 1.86 bits per heavy atom. The van der Waals surface area contributed by atoms with Crippen LogP contribution in [-0.2, 0) is 20.1 Å². The van der Waals surface area contributed by atoms with E-state index in [0.717, 1.165) is 16.8 Å². The van der Waals surface area contributed by atoms with Gasteiger partial charge in [-0.2, -0.15) is 10.1 Å². The fourth-order valence-corrected chi connectivity index (χ4v) is 3.68. The number of aryl methyl sites for hydroxylation is 2. The van der Waals surface area contributed by atoms with Gasteiger partial charge < -0.3 is 0 Å². The number of aromatic nitrogens is 4. The van der Waals surface area contributed by atoms with E-state index >= 15 is 0 Å². The first kappa shape index (κ1) is 19.2. The van der Waals surface area contributed by atoms with Gasteiger partial charge >= 0.3 is 5.69 Å². The largest absolute Gasteiger partial charge is 0.332 e. The fraction of sp³-hybridized carbons (Fsp3) is 0.429. The summed E-state index contributed by atoms with van der Waals surface area (Å²) in [5, 5.41) is 6.32. The van der Waals surface area contributed by atoms with Gasteiger partial charge in [0.1, 0.15) is 0 Å². The molecule has 0 bridgehead atoms. The summed E-state index contributed by atoms with van der Waals surface area (Å²) < 4.78 is 4.61. The van der Waals surface area contributed by atoms with Crippen molar-refractivity contribution in [1.82, 2.24) is 18.7 Å². The molecule has 29 heavy (non-hydrogen) atoms. The molecular formula is C21H26N6O2. The van der Waals surface area contributed by atoms with Crippen LogP contribution in [0.5, 0.6) is 0 Å². The van der Waals surface area contributed by atoms with E-state index in [0.29, 0.717) is 23.7 Å². The number of fused-ring (bicyclic) bond motifs is 3. The van der Waals surface area contributed by atoms with Crippen LogP contribution in [0.25, 0.3) is 11.2 Å². The molecule has 1 aromatic carbocycles. The molecule has 0 saturated carbocycles. The van der Waals surface area contributed by atoms with E-state index in [-0.39, 0.29) is 23.2 Å². The highest BCUT2D eigenvalue weighted by molar-refractivity contribution is 5.93. The van der Waals surface area contributed by atoms with Crippen LogP contribution in [0.2, 0.25) is 0 Å². The molecule has 2 aromatic heterocycles. The SMILES string of the molecule is Cc1cccc(Cn2c(=O)c3c(nc4n3CC(C(C)(C)C)=NN4C)n(C)c2=O)c1. The molecule has 152 valence electrons. The van der Waals surface area contributed by atoms with E-state index in [4.69, 9.17) is 0 Å². The van der Waals surface area contributed by atoms with Gasteiger partial charge in [0.2, 0.25) is 5.95 Å². The Balaban J connectivity index is 1.94. The van der Waals surface area contributed by atoms with Crippen LogP contribution < -0.4 is 16.3 Å². The number of nitrogens with zero attached hydrogens (tertiary/aromatic N) is 6. The molecule has 0 saturated heterocycles. The van der Waals surface area contributed by atoms with Gasteiger partial charge in [-0.3, -0.25) is 18.5 Å². The predicted molar refractivity (Wildman–Crippen MR) is 115 cm³/mol. The second-order valence-corrected chi connectivity index (χ2v) is 8.71. The molecule has 0 atom stereocenters. The maximum absolute atomic E-state index is 13.4. The van der Waals surface area contributed by atoms with Gasteiger partial charge in [-0.15, -0.1) is 0 Å². The molecule has 0 fully saturated rings. The standard InChI is InChI=1S/C21H26N6O2/c1-13-8-7-9-14(10-13)11-27-18(28)16-17(24(5)20(27)29)22-19-25(6)23-15(12-26(16)19)21(2,3)4/h7-10H,11-12H2,1-6H3. The molecule has 0 unspecified atom stereocenters. The van der Waals surface area contributed by atoms with E-state index in [9.17, 15) is 9.59 Å². The normalized spacial score (nSPS) is 14.3. The molecule has 0 radical (unpaired) electrons. The monoisotopic (exact) mass is 394 g/mol. The lowest BCUT2D eigenvalue weighted by Crippen LogP contribution is -2.40. The third-order valence-corrected chi connectivity index (χ3v) is 5.37. The van der Waals surface area contributed by atoms with Gasteiger partial charge in [0.05, 0.1) is 18.8 Å². The van der Waals surface area contributed by atoms with Crippen molar-refractivity contribution >= 4 is 22.8 Å².